The fraction of sp³-hybridized carbons (Fsp3) is 0.278. The lowest BCUT2D eigenvalue weighted by molar-refractivity contribution is -0.118. The van der Waals surface area contributed by atoms with Crippen LogP contribution < -0.4 is 14.8 Å². The second-order valence-corrected chi connectivity index (χ2v) is 8.34. The molecule has 1 amide bonds. The third-order valence-corrected chi connectivity index (χ3v) is 5.67. The number of anilines is 1. The minimum absolute atomic E-state index is 0.146. The highest BCUT2D eigenvalue weighted by Crippen LogP contribution is 2.29. The zero-order valence-electron chi connectivity index (χ0n) is 14.9. The Kier molecular flexibility index (Phi) is 7.49. The molecule has 2 rings (SSSR count). The Hall–Kier alpha value is -1.80. The second kappa shape index (κ2) is 9.41. The molecule has 0 heterocycles. The summed E-state index contributed by atoms with van der Waals surface area (Å²) in [6.07, 6.45) is 0.698. The molecule has 9 heteroatoms. The van der Waals surface area contributed by atoms with Crippen LogP contribution in [0.15, 0.2) is 41.3 Å². The normalized spacial score (nSPS) is 11.3. The molecule has 0 aliphatic heterocycles. The summed E-state index contributed by atoms with van der Waals surface area (Å²) in [6, 6.07) is 9.34. The SMILES string of the molecule is CCCNS(=O)(=O)c1ccc(OCC(=O)Nc2c(Cl)cccc2Cl)c(C)c1. The Morgan fingerprint density at radius 3 is 2.41 bits per heavy atom. The number of halogens is 2. The molecule has 2 aromatic carbocycles. The summed E-state index contributed by atoms with van der Waals surface area (Å²) in [4.78, 5) is 12.2. The van der Waals surface area contributed by atoms with Gasteiger partial charge in [-0.3, -0.25) is 4.79 Å². The number of sulfonamides is 1. The number of hydrogen-bond donors (Lipinski definition) is 2. The first kappa shape index (κ1) is 21.5. The average molecular weight is 431 g/mol. The van der Waals surface area contributed by atoms with Crippen LogP contribution in [0.5, 0.6) is 5.75 Å². The van der Waals surface area contributed by atoms with Gasteiger partial charge in [0.05, 0.1) is 20.6 Å². The molecule has 6 nitrogen and oxygen atoms in total. The van der Waals surface area contributed by atoms with Gasteiger partial charge in [-0.25, -0.2) is 13.1 Å². The second-order valence-electron chi connectivity index (χ2n) is 5.76. The minimum Gasteiger partial charge on any atom is -0.483 e. The van der Waals surface area contributed by atoms with Crippen molar-refractivity contribution in [1.29, 1.82) is 0 Å². The zero-order valence-corrected chi connectivity index (χ0v) is 17.2. The summed E-state index contributed by atoms with van der Waals surface area (Å²) >= 11 is 12.0. The van der Waals surface area contributed by atoms with Crippen molar-refractivity contribution >= 4 is 44.8 Å². The van der Waals surface area contributed by atoms with E-state index in [1.807, 2.05) is 6.92 Å². The predicted molar refractivity (Wildman–Crippen MR) is 107 cm³/mol. The standard InChI is InChI=1S/C18H20Cl2N2O4S/c1-3-9-21-27(24,25)13-7-8-16(12(2)10-13)26-11-17(23)22-18-14(19)5-4-6-15(18)20/h4-8,10,21H,3,9,11H2,1-2H3,(H,22,23). The van der Waals surface area contributed by atoms with Crippen LogP contribution in [-0.2, 0) is 14.8 Å². The third kappa shape index (κ3) is 5.84. The van der Waals surface area contributed by atoms with E-state index in [1.165, 1.54) is 18.2 Å². The quantitative estimate of drug-likeness (QED) is 0.662. The molecule has 0 radical (unpaired) electrons. The molecule has 0 aliphatic rings. The van der Waals surface area contributed by atoms with Gasteiger partial charge in [0.15, 0.2) is 6.61 Å². The molecule has 146 valence electrons. The Balaban J connectivity index is 2.03. The number of carbonyl (C=O) groups excluding carboxylic acids is 1. The van der Waals surface area contributed by atoms with E-state index in [0.29, 0.717) is 40.0 Å². The summed E-state index contributed by atoms with van der Waals surface area (Å²) in [5, 5.41) is 3.23. The Morgan fingerprint density at radius 1 is 1.15 bits per heavy atom. The van der Waals surface area contributed by atoms with E-state index < -0.39 is 15.9 Å². The van der Waals surface area contributed by atoms with Gasteiger partial charge < -0.3 is 10.1 Å². The third-order valence-electron chi connectivity index (χ3n) is 3.58. The first-order chi connectivity index (χ1) is 12.7. The summed E-state index contributed by atoms with van der Waals surface area (Å²) in [6.45, 7) is 3.68. The van der Waals surface area contributed by atoms with Crippen LogP contribution in [0, 0.1) is 6.92 Å². The smallest absolute Gasteiger partial charge is 0.262 e. The number of carbonyl (C=O) groups is 1. The molecule has 2 aromatic rings. The molecule has 0 spiro atoms. The van der Waals surface area contributed by atoms with E-state index in [4.69, 9.17) is 27.9 Å². The molecular formula is C18H20Cl2N2O4S. The van der Waals surface area contributed by atoms with Crippen molar-refractivity contribution in [1.82, 2.24) is 4.72 Å². The van der Waals surface area contributed by atoms with Crippen molar-refractivity contribution in [2.24, 2.45) is 0 Å². The number of hydrogen-bond acceptors (Lipinski definition) is 4. The maximum absolute atomic E-state index is 12.1. The van der Waals surface area contributed by atoms with Crippen molar-refractivity contribution in [3.8, 4) is 5.75 Å². The molecule has 0 fully saturated rings. The number of para-hydroxylation sites is 1. The summed E-state index contributed by atoms with van der Waals surface area (Å²) < 4.78 is 32.3. The van der Waals surface area contributed by atoms with E-state index >= 15 is 0 Å². The molecule has 0 unspecified atom stereocenters. The number of ether oxygens (including phenoxy) is 1. The van der Waals surface area contributed by atoms with Gasteiger partial charge in [0, 0.05) is 6.54 Å². The maximum Gasteiger partial charge on any atom is 0.262 e. The number of rotatable bonds is 8. The Labute approximate surface area is 168 Å². The van der Waals surface area contributed by atoms with Crippen LogP contribution in [0.3, 0.4) is 0 Å². The first-order valence-electron chi connectivity index (χ1n) is 8.21. The van der Waals surface area contributed by atoms with Crippen LogP contribution >= 0.6 is 23.2 Å². The molecule has 2 N–H and O–H groups in total. The van der Waals surface area contributed by atoms with Gasteiger partial charge in [0.25, 0.3) is 5.91 Å². The van der Waals surface area contributed by atoms with Crippen molar-refractivity contribution < 1.29 is 17.9 Å². The van der Waals surface area contributed by atoms with Crippen molar-refractivity contribution in [3.05, 3.63) is 52.0 Å². The minimum atomic E-state index is -3.56. The van der Waals surface area contributed by atoms with Gasteiger partial charge in [-0.2, -0.15) is 0 Å². The zero-order chi connectivity index (χ0) is 20.0. The fourth-order valence-corrected chi connectivity index (χ4v) is 3.92. The van der Waals surface area contributed by atoms with Crippen LogP contribution in [0.4, 0.5) is 5.69 Å². The van der Waals surface area contributed by atoms with Crippen LogP contribution in [-0.4, -0.2) is 27.5 Å². The first-order valence-corrected chi connectivity index (χ1v) is 10.5. The molecule has 0 saturated carbocycles. The lowest BCUT2D eigenvalue weighted by Gasteiger charge is -2.12. The number of benzene rings is 2. The molecule has 0 bridgehead atoms. The highest BCUT2D eigenvalue weighted by atomic mass is 35.5. The molecule has 27 heavy (non-hydrogen) atoms. The van der Waals surface area contributed by atoms with E-state index in [1.54, 1.807) is 25.1 Å². The lowest BCUT2D eigenvalue weighted by atomic mass is 10.2. The van der Waals surface area contributed by atoms with Gasteiger partial charge in [-0.05, 0) is 49.2 Å². The van der Waals surface area contributed by atoms with E-state index in [-0.39, 0.29) is 11.5 Å². The molecule has 0 aromatic heterocycles. The van der Waals surface area contributed by atoms with Gasteiger partial charge in [0.2, 0.25) is 10.0 Å². The highest BCUT2D eigenvalue weighted by Gasteiger charge is 2.15. The largest absolute Gasteiger partial charge is 0.483 e. The van der Waals surface area contributed by atoms with Gasteiger partial charge >= 0.3 is 0 Å². The van der Waals surface area contributed by atoms with Crippen molar-refractivity contribution in [2.45, 2.75) is 25.2 Å². The van der Waals surface area contributed by atoms with Crippen LogP contribution in [0.2, 0.25) is 10.0 Å². The van der Waals surface area contributed by atoms with Crippen LogP contribution in [0.25, 0.3) is 0 Å². The van der Waals surface area contributed by atoms with Gasteiger partial charge in [-0.15, -0.1) is 0 Å². The summed E-state index contributed by atoms with van der Waals surface area (Å²) in [7, 11) is -3.56. The Bertz CT molecular complexity index is 913. The van der Waals surface area contributed by atoms with E-state index in [2.05, 4.69) is 10.0 Å². The van der Waals surface area contributed by atoms with Crippen LogP contribution in [0.1, 0.15) is 18.9 Å². The molecule has 0 atom stereocenters. The number of nitrogens with one attached hydrogen (secondary N) is 2. The molecule has 0 saturated heterocycles. The topological polar surface area (TPSA) is 84.5 Å². The monoisotopic (exact) mass is 430 g/mol. The summed E-state index contributed by atoms with van der Waals surface area (Å²) in [5.74, 6) is -0.0319. The van der Waals surface area contributed by atoms with Gasteiger partial charge in [0.1, 0.15) is 5.75 Å². The number of amides is 1. The van der Waals surface area contributed by atoms with Gasteiger partial charge in [-0.1, -0.05) is 36.2 Å². The van der Waals surface area contributed by atoms with E-state index in [9.17, 15) is 13.2 Å². The highest BCUT2D eigenvalue weighted by molar-refractivity contribution is 7.89. The van der Waals surface area contributed by atoms with Crippen molar-refractivity contribution in [3.63, 3.8) is 0 Å². The number of aryl methyl sites for hydroxylation is 1. The fourth-order valence-electron chi connectivity index (χ4n) is 2.21. The molecular weight excluding hydrogens is 411 g/mol. The Morgan fingerprint density at radius 2 is 1.81 bits per heavy atom. The van der Waals surface area contributed by atoms with Crippen molar-refractivity contribution in [2.75, 3.05) is 18.5 Å². The maximum atomic E-state index is 12.1. The molecule has 0 aliphatic carbocycles. The summed E-state index contributed by atoms with van der Waals surface area (Å²) in [5.41, 5.74) is 0.910. The lowest BCUT2D eigenvalue weighted by Crippen LogP contribution is -2.24. The average Bonchev–Trinajstić information content (AvgIpc) is 2.62. The van der Waals surface area contributed by atoms with E-state index in [0.717, 1.165) is 0 Å². The predicted octanol–water partition coefficient (Wildman–Crippen LogP) is 4.01.